The second-order valence-electron chi connectivity index (χ2n) is 9.33. The van der Waals surface area contributed by atoms with Crippen LogP contribution in [0.3, 0.4) is 0 Å². The summed E-state index contributed by atoms with van der Waals surface area (Å²) in [4.78, 5) is 41.0. The number of hydrogen-bond acceptors (Lipinski definition) is 5. The lowest BCUT2D eigenvalue weighted by atomic mass is 9.71. The molecule has 1 aliphatic carbocycles. The number of rotatable bonds is 11. The summed E-state index contributed by atoms with van der Waals surface area (Å²) in [6, 6.07) is 13.8. The zero-order chi connectivity index (χ0) is 24.7. The van der Waals surface area contributed by atoms with Crippen LogP contribution in [0.2, 0.25) is 0 Å². The van der Waals surface area contributed by atoms with Crippen molar-refractivity contribution in [2.24, 2.45) is 11.3 Å². The number of likely N-dealkylation sites (tertiary alicyclic amines) is 1. The van der Waals surface area contributed by atoms with Gasteiger partial charge in [-0.05, 0) is 63.1 Å². The molecule has 2 aromatic rings. The number of nitrogens with one attached hydrogen (secondary N) is 1. The van der Waals surface area contributed by atoms with Crippen LogP contribution in [0.1, 0.15) is 56.8 Å². The minimum Gasteiger partial charge on any atom is -0.467 e. The Hall–Kier alpha value is -3.35. The van der Waals surface area contributed by atoms with E-state index < -0.39 is 11.3 Å². The number of carbonyl (C=O) groups excluding carboxylic acids is 3. The number of hydrogen-bond donors (Lipinski definition) is 1. The van der Waals surface area contributed by atoms with E-state index in [1.165, 1.54) is 5.56 Å². The van der Waals surface area contributed by atoms with Gasteiger partial charge in [-0.2, -0.15) is 0 Å². The number of carbonyl (C=O) groups is 3. The van der Waals surface area contributed by atoms with Gasteiger partial charge in [-0.1, -0.05) is 36.4 Å². The van der Waals surface area contributed by atoms with Gasteiger partial charge in [0.15, 0.2) is 0 Å². The summed E-state index contributed by atoms with van der Waals surface area (Å²) >= 11 is 0. The number of fused-ring (bicyclic) bond motifs is 1. The fourth-order valence-corrected chi connectivity index (χ4v) is 5.26. The van der Waals surface area contributed by atoms with E-state index in [4.69, 9.17) is 9.15 Å². The molecular weight excluding hydrogens is 444 g/mol. The molecule has 7 heteroatoms. The molecule has 0 unspecified atom stereocenters. The first kappa shape index (κ1) is 24.8. The number of nitrogens with zero attached hydrogens (tertiary/aromatic N) is 1. The molecule has 0 bridgehead atoms. The molecule has 2 heterocycles. The Kier molecular flexibility index (Phi) is 8.06. The Morgan fingerprint density at radius 3 is 2.74 bits per heavy atom. The maximum Gasteiger partial charge on any atom is 0.318 e. The van der Waals surface area contributed by atoms with Crippen LogP contribution < -0.4 is 5.32 Å². The quantitative estimate of drug-likeness (QED) is 0.382. The number of amides is 2. The average molecular weight is 479 g/mol. The minimum atomic E-state index is -0.892. The third kappa shape index (κ3) is 5.66. The second-order valence-corrected chi connectivity index (χ2v) is 9.33. The third-order valence-corrected chi connectivity index (χ3v) is 6.95. The van der Waals surface area contributed by atoms with Gasteiger partial charge < -0.3 is 19.4 Å². The highest BCUT2D eigenvalue weighted by molar-refractivity contribution is 5.92. The standard InChI is InChI=1S/C28H34N2O5/c1-2-34-27(33)28-15-8-14-24(28)30(20-23-13-9-17-35-23)26(32)22(19-28)18-25(31)29-16-7-6-12-21-10-4-3-5-11-21/h3-5,9-11,13-14,17,22H,2,6-8,12,15-16,18-20H2,1H3,(H,29,31)/t22-,28+/m1/s1. The third-order valence-electron chi connectivity index (χ3n) is 6.95. The van der Waals surface area contributed by atoms with Crippen LogP contribution in [0.4, 0.5) is 0 Å². The summed E-state index contributed by atoms with van der Waals surface area (Å²) in [6.45, 7) is 2.85. The van der Waals surface area contributed by atoms with E-state index in [1.807, 2.05) is 24.3 Å². The van der Waals surface area contributed by atoms with Gasteiger partial charge in [-0.25, -0.2) is 0 Å². The van der Waals surface area contributed by atoms with Gasteiger partial charge >= 0.3 is 5.97 Å². The lowest BCUT2D eigenvalue weighted by Gasteiger charge is -2.43. The molecule has 1 aromatic heterocycles. The van der Waals surface area contributed by atoms with Crippen molar-refractivity contribution in [2.75, 3.05) is 13.2 Å². The van der Waals surface area contributed by atoms with Gasteiger partial charge in [-0.3, -0.25) is 14.4 Å². The zero-order valence-corrected chi connectivity index (χ0v) is 20.3. The number of unbranched alkanes of at least 4 members (excludes halogenated alkanes) is 1. The first-order chi connectivity index (χ1) is 17.0. The normalized spacial score (nSPS) is 21.4. The first-order valence-electron chi connectivity index (χ1n) is 12.6. The minimum absolute atomic E-state index is 0.0562. The van der Waals surface area contributed by atoms with Crippen LogP contribution in [0.25, 0.3) is 0 Å². The molecule has 4 rings (SSSR count). The molecule has 7 nitrogen and oxygen atoms in total. The van der Waals surface area contributed by atoms with Crippen LogP contribution >= 0.6 is 0 Å². The van der Waals surface area contributed by atoms with Crippen molar-refractivity contribution < 1.29 is 23.5 Å². The fourth-order valence-electron chi connectivity index (χ4n) is 5.26. The molecule has 2 atom stereocenters. The Morgan fingerprint density at radius 2 is 2.00 bits per heavy atom. The van der Waals surface area contributed by atoms with Crippen molar-refractivity contribution >= 4 is 17.8 Å². The van der Waals surface area contributed by atoms with Crippen molar-refractivity contribution in [1.82, 2.24) is 10.2 Å². The van der Waals surface area contributed by atoms with Crippen LogP contribution in [0, 0.1) is 11.3 Å². The van der Waals surface area contributed by atoms with Crippen molar-refractivity contribution in [3.63, 3.8) is 0 Å². The molecule has 0 saturated carbocycles. The van der Waals surface area contributed by atoms with Crippen molar-refractivity contribution in [3.05, 3.63) is 71.8 Å². The molecule has 35 heavy (non-hydrogen) atoms. The number of ether oxygens (including phenoxy) is 1. The number of aryl methyl sites for hydroxylation is 1. The van der Waals surface area contributed by atoms with Crippen LogP contribution in [0.15, 0.2) is 64.9 Å². The van der Waals surface area contributed by atoms with E-state index in [2.05, 4.69) is 17.4 Å². The topological polar surface area (TPSA) is 88.8 Å². The van der Waals surface area contributed by atoms with Gasteiger partial charge in [-0.15, -0.1) is 0 Å². The second kappa shape index (κ2) is 11.4. The van der Waals surface area contributed by atoms with E-state index in [9.17, 15) is 14.4 Å². The summed E-state index contributed by atoms with van der Waals surface area (Å²) in [5.74, 6) is -0.576. The maximum absolute atomic E-state index is 13.5. The van der Waals surface area contributed by atoms with E-state index in [0.717, 1.165) is 19.3 Å². The molecule has 1 N–H and O–H groups in total. The number of allylic oxidation sites excluding steroid dienone is 1. The Morgan fingerprint density at radius 1 is 1.17 bits per heavy atom. The Bertz CT molecular complexity index is 1050. The van der Waals surface area contributed by atoms with E-state index in [1.54, 1.807) is 30.2 Å². The van der Waals surface area contributed by atoms with Gasteiger partial charge in [0.2, 0.25) is 11.8 Å². The largest absolute Gasteiger partial charge is 0.467 e. The van der Waals surface area contributed by atoms with Crippen molar-refractivity contribution in [3.8, 4) is 0 Å². The number of benzene rings is 1. The monoisotopic (exact) mass is 478 g/mol. The summed E-state index contributed by atoms with van der Waals surface area (Å²) in [5.41, 5.74) is 1.08. The predicted molar refractivity (Wildman–Crippen MR) is 131 cm³/mol. The van der Waals surface area contributed by atoms with Crippen LogP contribution in [-0.4, -0.2) is 35.8 Å². The van der Waals surface area contributed by atoms with Gasteiger partial charge in [0.05, 0.1) is 19.4 Å². The van der Waals surface area contributed by atoms with E-state index in [-0.39, 0.29) is 37.4 Å². The highest BCUT2D eigenvalue weighted by Crippen LogP contribution is 2.51. The molecule has 2 aliphatic rings. The average Bonchev–Trinajstić information content (AvgIpc) is 3.53. The highest BCUT2D eigenvalue weighted by atomic mass is 16.5. The van der Waals surface area contributed by atoms with Crippen LogP contribution in [-0.2, 0) is 32.1 Å². The number of esters is 1. The van der Waals surface area contributed by atoms with Crippen molar-refractivity contribution in [2.45, 2.75) is 58.4 Å². The molecule has 1 aliphatic heterocycles. The smallest absolute Gasteiger partial charge is 0.318 e. The lowest BCUT2D eigenvalue weighted by molar-refractivity contribution is -0.161. The van der Waals surface area contributed by atoms with Gasteiger partial charge in [0, 0.05) is 24.6 Å². The molecule has 0 radical (unpaired) electrons. The van der Waals surface area contributed by atoms with Gasteiger partial charge in [0.25, 0.3) is 0 Å². The maximum atomic E-state index is 13.5. The fraction of sp³-hybridized carbons (Fsp3) is 0.464. The van der Waals surface area contributed by atoms with Crippen LogP contribution in [0.5, 0.6) is 0 Å². The first-order valence-corrected chi connectivity index (χ1v) is 12.6. The molecule has 2 amide bonds. The van der Waals surface area contributed by atoms with E-state index in [0.29, 0.717) is 37.3 Å². The molecular formula is C28H34N2O5. The summed E-state index contributed by atoms with van der Waals surface area (Å²) in [7, 11) is 0. The molecule has 1 aromatic carbocycles. The predicted octanol–water partition coefficient (Wildman–Crippen LogP) is 4.38. The zero-order valence-electron chi connectivity index (χ0n) is 20.3. The number of furan rings is 1. The van der Waals surface area contributed by atoms with E-state index >= 15 is 0 Å². The highest BCUT2D eigenvalue weighted by Gasteiger charge is 2.55. The Labute approximate surface area is 206 Å². The summed E-state index contributed by atoms with van der Waals surface area (Å²) < 4.78 is 10.9. The molecule has 186 valence electrons. The SMILES string of the molecule is CCOC(=O)[C@]12CCC=C1N(Cc1ccco1)C(=O)[C@H](CC(=O)NCCCCc1ccccc1)C2. The summed E-state index contributed by atoms with van der Waals surface area (Å²) in [5, 5.41) is 2.96. The molecule has 1 fully saturated rings. The molecule has 1 saturated heterocycles. The number of piperidine rings is 1. The van der Waals surface area contributed by atoms with Crippen molar-refractivity contribution in [1.29, 1.82) is 0 Å². The molecule has 0 spiro atoms. The summed E-state index contributed by atoms with van der Waals surface area (Å²) in [6.07, 6.45) is 7.96. The lowest BCUT2D eigenvalue weighted by Crippen LogP contribution is -2.52. The Balaban J connectivity index is 1.39. The van der Waals surface area contributed by atoms with Gasteiger partial charge in [0.1, 0.15) is 11.2 Å².